The number of benzene rings is 1. The molecular weight excluding hydrogens is 406 g/mol. The smallest absolute Gasteiger partial charge is 0.417 e. The number of ether oxygens (including phenoxy) is 1. The number of halogens is 3. The number of pyridine rings is 1. The Bertz CT molecular complexity index is 901. The first-order valence-electron chi connectivity index (χ1n) is 7.73. The average molecular weight is 421 g/mol. The van der Waals surface area contributed by atoms with Gasteiger partial charge in [0.15, 0.2) is 0 Å². The van der Waals surface area contributed by atoms with Gasteiger partial charge in [-0.15, -0.1) is 0 Å². The number of anilines is 1. The van der Waals surface area contributed by atoms with E-state index in [9.17, 15) is 37.6 Å². The zero-order valence-corrected chi connectivity index (χ0v) is 15.1. The Morgan fingerprint density at radius 2 is 2.00 bits per heavy atom. The van der Waals surface area contributed by atoms with Crippen molar-refractivity contribution in [2.75, 3.05) is 5.32 Å². The van der Waals surface area contributed by atoms with Gasteiger partial charge in [-0.25, -0.2) is 4.98 Å². The Balaban J connectivity index is 2.31. The third-order valence-electron chi connectivity index (χ3n) is 3.57. The summed E-state index contributed by atoms with van der Waals surface area (Å²) in [7, 11) is -4.59. The lowest BCUT2D eigenvalue weighted by atomic mass is 10.2. The topological polar surface area (TPSA) is 135 Å². The van der Waals surface area contributed by atoms with E-state index in [2.05, 4.69) is 10.3 Å². The van der Waals surface area contributed by atoms with Gasteiger partial charge in [-0.3, -0.25) is 14.7 Å². The van der Waals surface area contributed by atoms with E-state index < -0.39 is 35.7 Å². The number of hydrogen-bond acceptors (Lipinski definition) is 6. The summed E-state index contributed by atoms with van der Waals surface area (Å²) in [6.07, 6.45) is -4.01. The molecule has 0 saturated carbocycles. The molecule has 0 radical (unpaired) electrons. The van der Waals surface area contributed by atoms with Crippen molar-refractivity contribution in [3.63, 3.8) is 0 Å². The maximum absolute atomic E-state index is 12.6. The number of nitro groups is 1. The van der Waals surface area contributed by atoms with E-state index in [0.717, 1.165) is 24.3 Å². The minimum absolute atomic E-state index is 0.0209. The summed E-state index contributed by atoms with van der Waals surface area (Å²) in [5, 5.41) is 13.6. The molecule has 1 aromatic heterocycles. The molecule has 0 amide bonds. The monoisotopic (exact) mass is 421 g/mol. The number of hydrogen-bond donors (Lipinski definition) is 3. The lowest BCUT2D eigenvalue weighted by Gasteiger charge is -2.19. The Labute approximate surface area is 156 Å². The first kappa shape index (κ1) is 21.6. The van der Waals surface area contributed by atoms with Crippen molar-refractivity contribution in [2.45, 2.75) is 25.3 Å². The first-order valence-corrected chi connectivity index (χ1v) is 9.41. The van der Waals surface area contributed by atoms with Crippen molar-refractivity contribution in [2.24, 2.45) is 0 Å². The lowest BCUT2D eigenvalue weighted by Crippen LogP contribution is -2.19. The molecule has 1 atom stereocenters. The molecule has 1 unspecified atom stereocenters. The summed E-state index contributed by atoms with van der Waals surface area (Å²) in [5.74, 6) is -1.60. The standard InChI is InChI=1S/C15H15F3N3O6P/c1-2-14(28(24,25)26)20-11-7-10(4-5-12(11)21(22)23)27-13-6-3-9(8-19-13)15(16,17)18/h3-8,14,20H,2H2,1H3,(H2,24,25,26). The van der Waals surface area contributed by atoms with E-state index in [4.69, 9.17) is 4.74 Å². The van der Waals surface area contributed by atoms with Crippen LogP contribution >= 0.6 is 7.60 Å². The van der Waals surface area contributed by atoms with Crippen LogP contribution in [-0.2, 0) is 10.7 Å². The molecule has 0 aliphatic rings. The van der Waals surface area contributed by atoms with E-state index in [0.29, 0.717) is 6.20 Å². The molecule has 9 nitrogen and oxygen atoms in total. The number of nitrogens with one attached hydrogen (secondary N) is 1. The second kappa shape index (κ2) is 8.13. The summed E-state index contributed by atoms with van der Waals surface area (Å²) in [6.45, 7) is 1.48. The van der Waals surface area contributed by atoms with Gasteiger partial charge in [0.2, 0.25) is 5.88 Å². The quantitative estimate of drug-likeness (QED) is 0.345. The molecular formula is C15H15F3N3O6P. The average Bonchev–Trinajstić information content (AvgIpc) is 2.58. The molecule has 0 spiro atoms. The molecule has 0 fully saturated rings. The predicted molar refractivity (Wildman–Crippen MR) is 92.2 cm³/mol. The third kappa shape index (κ3) is 5.41. The first-order chi connectivity index (χ1) is 12.9. The van der Waals surface area contributed by atoms with Gasteiger partial charge in [-0.05, 0) is 18.6 Å². The number of alkyl halides is 3. The van der Waals surface area contributed by atoms with Crippen molar-refractivity contribution in [3.05, 3.63) is 52.2 Å². The van der Waals surface area contributed by atoms with Crippen molar-refractivity contribution in [1.82, 2.24) is 4.98 Å². The number of nitro benzene ring substituents is 1. The Morgan fingerprint density at radius 3 is 2.46 bits per heavy atom. The van der Waals surface area contributed by atoms with Crippen molar-refractivity contribution < 1.29 is 37.2 Å². The minimum atomic E-state index is -4.59. The molecule has 2 rings (SSSR count). The molecule has 0 saturated heterocycles. The molecule has 2 aromatic rings. The highest BCUT2D eigenvalue weighted by atomic mass is 31.2. The Morgan fingerprint density at radius 1 is 1.32 bits per heavy atom. The summed E-state index contributed by atoms with van der Waals surface area (Å²) < 4.78 is 54.4. The normalized spacial score (nSPS) is 13.1. The minimum Gasteiger partial charge on any atom is -0.439 e. The summed E-state index contributed by atoms with van der Waals surface area (Å²) in [4.78, 5) is 32.5. The van der Waals surface area contributed by atoms with Crippen LogP contribution in [0, 0.1) is 10.1 Å². The summed E-state index contributed by atoms with van der Waals surface area (Å²) >= 11 is 0. The highest BCUT2D eigenvalue weighted by Gasteiger charge is 2.31. The van der Waals surface area contributed by atoms with Gasteiger partial charge in [-0.2, -0.15) is 13.2 Å². The number of aromatic nitrogens is 1. The van der Waals surface area contributed by atoms with Crippen LogP contribution in [-0.4, -0.2) is 25.5 Å². The maximum Gasteiger partial charge on any atom is 0.417 e. The molecule has 0 bridgehead atoms. The molecule has 13 heteroatoms. The largest absolute Gasteiger partial charge is 0.439 e. The fraction of sp³-hybridized carbons (Fsp3) is 0.267. The molecule has 0 aliphatic carbocycles. The van der Waals surface area contributed by atoms with Gasteiger partial charge in [0, 0.05) is 24.4 Å². The molecule has 0 aliphatic heterocycles. The van der Waals surface area contributed by atoms with Crippen LogP contribution in [0.5, 0.6) is 11.6 Å². The summed E-state index contributed by atoms with van der Waals surface area (Å²) in [5.41, 5.74) is -1.65. The van der Waals surface area contributed by atoms with Crippen LogP contribution in [0.2, 0.25) is 0 Å². The maximum atomic E-state index is 12.6. The predicted octanol–water partition coefficient (Wildman–Crippen LogP) is 4.13. The van der Waals surface area contributed by atoms with Crippen LogP contribution in [0.15, 0.2) is 36.5 Å². The summed E-state index contributed by atoms with van der Waals surface area (Å²) in [6, 6.07) is 5.06. The van der Waals surface area contributed by atoms with E-state index in [-0.39, 0.29) is 23.7 Å². The van der Waals surface area contributed by atoms with Gasteiger partial charge in [0.25, 0.3) is 5.69 Å². The highest BCUT2D eigenvalue weighted by Crippen LogP contribution is 2.44. The SMILES string of the molecule is CCC(Nc1cc(Oc2ccc(C(F)(F)F)cn2)ccc1[N+](=O)[O-])P(=O)(O)O. The van der Waals surface area contributed by atoms with Crippen LogP contribution < -0.4 is 10.1 Å². The Kier molecular flexibility index (Phi) is 6.27. The van der Waals surface area contributed by atoms with Crippen molar-refractivity contribution in [1.29, 1.82) is 0 Å². The van der Waals surface area contributed by atoms with Crippen molar-refractivity contribution >= 4 is 19.0 Å². The van der Waals surface area contributed by atoms with Crippen LogP contribution in [0.1, 0.15) is 18.9 Å². The molecule has 28 heavy (non-hydrogen) atoms. The number of nitrogens with zero attached hydrogens (tertiary/aromatic N) is 2. The van der Waals surface area contributed by atoms with E-state index in [1.807, 2.05) is 0 Å². The molecule has 3 N–H and O–H groups in total. The van der Waals surface area contributed by atoms with Gasteiger partial charge < -0.3 is 19.8 Å². The zero-order chi connectivity index (χ0) is 21.1. The van der Waals surface area contributed by atoms with Gasteiger partial charge in [0.05, 0.1) is 10.5 Å². The third-order valence-corrected chi connectivity index (χ3v) is 4.87. The van der Waals surface area contributed by atoms with Gasteiger partial charge in [-0.1, -0.05) is 6.92 Å². The second-order valence-corrected chi connectivity index (χ2v) is 7.38. The fourth-order valence-electron chi connectivity index (χ4n) is 2.19. The Hall–Kier alpha value is -2.69. The van der Waals surface area contributed by atoms with Gasteiger partial charge >= 0.3 is 13.8 Å². The molecule has 1 aromatic carbocycles. The fourth-order valence-corrected chi connectivity index (χ4v) is 2.97. The lowest BCUT2D eigenvalue weighted by molar-refractivity contribution is -0.384. The van der Waals surface area contributed by atoms with Crippen LogP contribution in [0.4, 0.5) is 24.5 Å². The van der Waals surface area contributed by atoms with E-state index in [1.165, 1.54) is 13.0 Å². The number of rotatable bonds is 7. The zero-order valence-electron chi connectivity index (χ0n) is 14.3. The van der Waals surface area contributed by atoms with Crippen molar-refractivity contribution in [3.8, 4) is 11.6 Å². The van der Waals surface area contributed by atoms with E-state index in [1.54, 1.807) is 0 Å². The van der Waals surface area contributed by atoms with E-state index >= 15 is 0 Å². The van der Waals surface area contributed by atoms with Crippen LogP contribution in [0.25, 0.3) is 0 Å². The highest BCUT2D eigenvalue weighted by molar-refractivity contribution is 7.52. The second-order valence-electron chi connectivity index (χ2n) is 5.58. The van der Waals surface area contributed by atoms with Crippen LogP contribution in [0.3, 0.4) is 0 Å². The van der Waals surface area contributed by atoms with Gasteiger partial charge in [0.1, 0.15) is 17.2 Å². The molecule has 1 heterocycles. The molecule has 152 valence electrons.